The van der Waals surface area contributed by atoms with Crippen molar-refractivity contribution in [1.29, 1.82) is 0 Å². The van der Waals surface area contributed by atoms with E-state index < -0.39 is 20.0 Å². The average molecular weight is 395 g/mol. The standard InChI is InChI=1S/C18H22N2O4S2/c1-20(2)26(23,24)17-11-8-16(9-12-17)19-25(21,22)18-10-7-14-5-3-4-6-15(14)13-18/h7-13,19H,3-6H2,1-2H3. The van der Waals surface area contributed by atoms with Crippen molar-refractivity contribution in [3.63, 3.8) is 0 Å². The van der Waals surface area contributed by atoms with Crippen molar-refractivity contribution in [1.82, 2.24) is 4.31 Å². The van der Waals surface area contributed by atoms with Gasteiger partial charge in [-0.15, -0.1) is 0 Å². The molecule has 0 bridgehead atoms. The van der Waals surface area contributed by atoms with Crippen LogP contribution in [0.3, 0.4) is 0 Å². The predicted molar refractivity (Wildman–Crippen MR) is 101 cm³/mol. The number of fused-ring (bicyclic) bond motifs is 1. The van der Waals surface area contributed by atoms with Gasteiger partial charge in [-0.2, -0.15) is 0 Å². The van der Waals surface area contributed by atoms with E-state index in [1.165, 1.54) is 43.9 Å². The summed E-state index contributed by atoms with van der Waals surface area (Å²) in [6.07, 6.45) is 4.10. The minimum absolute atomic E-state index is 0.110. The van der Waals surface area contributed by atoms with Crippen molar-refractivity contribution in [3.05, 3.63) is 53.6 Å². The number of hydrogen-bond donors (Lipinski definition) is 1. The van der Waals surface area contributed by atoms with E-state index in [4.69, 9.17) is 0 Å². The zero-order valence-electron chi connectivity index (χ0n) is 14.8. The molecule has 0 atom stereocenters. The molecule has 0 aliphatic heterocycles. The van der Waals surface area contributed by atoms with Gasteiger partial charge in [0.25, 0.3) is 10.0 Å². The Morgan fingerprint density at radius 1 is 0.808 bits per heavy atom. The van der Waals surface area contributed by atoms with Gasteiger partial charge in [-0.1, -0.05) is 6.07 Å². The number of benzene rings is 2. The van der Waals surface area contributed by atoms with Gasteiger partial charge >= 0.3 is 0 Å². The van der Waals surface area contributed by atoms with E-state index in [2.05, 4.69) is 4.72 Å². The van der Waals surface area contributed by atoms with Gasteiger partial charge in [-0.25, -0.2) is 21.1 Å². The number of nitrogens with zero attached hydrogens (tertiary/aromatic N) is 1. The molecule has 0 aromatic heterocycles. The van der Waals surface area contributed by atoms with Crippen molar-refractivity contribution in [3.8, 4) is 0 Å². The minimum atomic E-state index is -3.72. The van der Waals surface area contributed by atoms with E-state index in [-0.39, 0.29) is 9.79 Å². The number of hydrogen-bond acceptors (Lipinski definition) is 4. The average Bonchev–Trinajstić information content (AvgIpc) is 2.61. The summed E-state index contributed by atoms with van der Waals surface area (Å²) >= 11 is 0. The van der Waals surface area contributed by atoms with Gasteiger partial charge in [0.05, 0.1) is 9.79 Å². The van der Waals surface area contributed by atoms with Crippen LogP contribution >= 0.6 is 0 Å². The molecule has 8 heteroatoms. The van der Waals surface area contributed by atoms with Crippen molar-refractivity contribution < 1.29 is 16.8 Å². The second kappa shape index (κ2) is 7.02. The molecule has 0 saturated carbocycles. The Morgan fingerprint density at radius 3 is 2.00 bits per heavy atom. The van der Waals surface area contributed by atoms with Gasteiger partial charge in [0.1, 0.15) is 0 Å². The highest BCUT2D eigenvalue weighted by molar-refractivity contribution is 7.92. The van der Waals surface area contributed by atoms with Crippen LogP contribution in [0.2, 0.25) is 0 Å². The summed E-state index contributed by atoms with van der Waals surface area (Å²) < 4.78 is 53.1. The third-order valence-electron chi connectivity index (χ3n) is 4.52. The van der Waals surface area contributed by atoms with Crippen molar-refractivity contribution >= 4 is 25.7 Å². The van der Waals surface area contributed by atoms with E-state index in [0.29, 0.717) is 5.69 Å². The van der Waals surface area contributed by atoms with E-state index in [1.54, 1.807) is 12.1 Å². The number of anilines is 1. The predicted octanol–water partition coefficient (Wildman–Crippen LogP) is 2.62. The maximum atomic E-state index is 12.6. The Morgan fingerprint density at radius 2 is 1.38 bits per heavy atom. The summed E-state index contributed by atoms with van der Waals surface area (Å²) in [5.41, 5.74) is 2.63. The molecule has 6 nitrogen and oxygen atoms in total. The fourth-order valence-corrected chi connectivity index (χ4v) is 5.01. The molecule has 3 rings (SSSR count). The first kappa shape index (κ1) is 18.9. The first-order valence-corrected chi connectivity index (χ1v) is 11.3. The van der Waals surface area contributed by atoms with Crippen LogP contribution in [-0.2, 0) is 32.9 Å². The van der Waals surface area contributed by atoms with Gasteiger partial charge in [0.2, 0.25) is 10.0 Å². The first-order valence-electron chi connectivity index (χ1n) is 8.37. The number of rotatable bonds is 5. The van der Waals surface area contributed by atoms with E-state index >= 15 is 0 Å². The highest BCUT2D eigenvalue weighted by atomic mass is 32.2. The Bertz CT molecular complexity index is 1010. The highest BCUT2D eigenvalue weighted by Crippen LogP contribution is 2.25. The normalized spacial score (nSPS) is 14.9. The number of nitrogens with one attached hydrogen (secondary N) is 1. The molecule has 0 saturated heterocycles. The Kier molecular flexibility index (Phi) is 5.09. The summed E-state index contributed by atoms with van der Waals surface area (Å²) in [6, 6.07) is 10.9. The molecule has 0 radical (unpaired) electrons. The van der Waals surface area contributed by atoms with Crippen LogP contribution < -0.4 is 4.72 Å². The SMILES string of the molecule is CN(C)S(=O)(=O)c1ccc(NS(=O)(=O)c2ccc3c(c2)CCCC3)cc1. The quantitative estimate of drug-likeness (QED) is 0.845. The molecule has 1 aliphatic rings. The topological polar surface area (TPSA) is 83.6 Å². The van der Waals surface area contributed by atoms with Gasteiger partial charge in [-0.3, -0.25) is 4.72 Å². The molecule has 0 unspecified atom stereocenters. The van der Waals surface area contributed by atoms with Crippen LogP contribution in [0.5, 0.6) is 0 Å². The van der Waals surface area contributed by atoms with Gasteiger partial charge in [-0.05, 0) is 73.2 Å². The van der Waals surface area contributed by atoms with Crippen LogP contribution in [0.25, 0.3) is 0 Å². The van der Waals surface area contributed by atoms with E-state index in [9.17, 15) is 16.8 Å². The maximum Gasteiger partial charge on any atom is 0.261 e. The lowest BCUT2D eigenvalue weighted by atomic mass is 9.92. The molecule has 1 aliphatic carbocycles. The first-order chi connectivity index (χ1) is 12.2. The van der Waals surface area contributed by atoms with Crippen molar-refractivity contribution in [2.45, 2.75) is 35.5 Å². The lowest BCUT2D eigenvalue weighted by Gasteiger charge is -2.17. The summed E-state index contributed by atoms with van der Waals surface area (Å²) in [4.78, 5) is 0.336. The van der Waals surface area contributed by atoms with Crippen molar-refractivity contribution in [2.24, 2.45) is 0 Å². The van der Waals surface area contributed by atoms with E-state index in [1.807, 2.05) is 6.07 Å². The molecule has 0 heterocycles. The van der Waals surface area contributed by atoms with Gasteiger partial charge < -0.3 is 0 Å². The summed E-state index contributed by atoms with van der Waals surface area (Å²) in [5, 5.41) is 0. The molecular weight excluding hydrogens is 372 g/mol. The molecule has 2 aromatic rings. The lowest BCUT2D eigenvalue weighted by molar-refractivity contribution is 0.521. The molecule has 26 heavy (non-hydrogen) atoms. The molecule has 140 valence electrons. The number of sulfonamides is 2. The molecular formula is C18H22N2O4S2. The van der Waals surface area contributed by atoms with Crippen LogP contribution in [0.4, 0.5) is 5.69 Å². The largest absolute Gasteiger partial charge is 0.280 e. The fraction of sp³-hybridized carbons (Fsp3) is 0.333. The maximum absolute atomic E-state index is 12.6. The number of aryl methyl sites for hydroxylation is 2. The third kappa shape index (κ3) is 3.77. The molecule has 1 N–H and O–H groups in total. The smallest absolute Gasteiger partial charge is 0.261 e. The lowest BCUT2D eigenvalue weighted by Crippen LogP contribution is -2.22. The molecule has 0 fully saturated rings. The van der Waals surface area contributed by atoms with Crippen LogP contribution in [0.1, 0.15) is 24.0 Å². The van der Waals surface area contributed by atoms with Crippen LogP contribution in [0, 0.1) is 0 Å². The van der Waals surface area contributed by atoms with Gasteiger partial charge in [0.15, 0.2) is 0 Å². The Balaban J connectivity index is 1.84. The monoisotopic (exact) mass is 394 g/mol. The molecule has 0 amide bonds. The Labute approximate surface area is 155 Å². The zero-order valence-corrected chi connectivity index (χ0v) is 16.4. The Hall–Kier alpha value is -1.90. The van der Waals surface area contributed by atoms with Gasteiger partial charge in [0, 0.05) is 19.8 Å². The highest BCUT2D eigenvalue weighted by Gasteiger charge is 2.20. The molecule has 0 spiro atoms. The second-order valence-electron chi connectivity index (χ2n) is 6.55. The zero-order chi connectivity index (χ0) is 18.9. The molecule has 2 aromatic carbocycles. The van der Waals surface area contributed by atoms with E-state index in [0.717, 1.165) is 35.6 Å². The minimum Gasteiger partial charge on any atom is -0.280 e. The summed E-state index contributed by atoms with van der Waals surface area (Å²) in [7, 11) is -4.37. The third-order valence-corrected chi connectivity index (χ3v) is 7.72. The van der Waals surface area contributed by atoms with Crippen molar-refractivity contribution in [2.75, 3.05) is 18.8 Å². The fourth-order valence-electron chi connectivity index (χ4n) is 3.00. The summed E-state index contributed by atoms with van der Waals surface area (Å²) in [5.74, 6) is 0. The van der Waals surface area contributed by atoms with Crippen LogP contribution in [-0.4, -0.2) is 35.2 Å². The van der Waals surface area contributed by atoms with Crippen LogP contribution in [0.15, 0.2) is 52.3 Å². The second-order valence-corrected chi connectivity index (χ2v) is 10.4. The summed E-state index contributed by atoms with van der Waals surface area (Å²) in [6.45, 7) is 0.